The van der Waals surface area contributed by atoms with Gasteiger partial charge < -0.3 is 15.0 Å². The molecule has 1 aliphatic carbocycles. The van der Waals surface area contributed by atoms with E-state index >= 15 is 4.39 Å². The molecule has 9 nitrogen and oxygen atoms in total. The number of aromatic nitrogens is 3. The van der Waals surface area contributed by atoms with E-state index in [4.69, 9.17) is 4.74 Å². The van der Waals surface area contributed by atoms with Crippen LogP contribution in [0.15, 0.2) is 58.6 Å². The van der Waals surface area contributed by atoms with E-state index in [0.717, 1.165) is 25.2 Å². The van der Waals surface area contributed by atoms with Crippen molar-refractivity contribution < 1.29 is 22.3 Å². The van der Waals surface area contributed by atoms with Crippen LogP contribution in [0.5, 0.6) is 5.88 Å². The molecule has 2 aromatic heterocycles. The van der Waals surface area contributed by atoms with E-state index in [9.17, 15) is 18.0 Å². The van der Waals surface area contributed by atoms with Crippen LogP contribution in [0.4, 0.5) is 4.39 Å². The Morgan fingerprint density at radius 3 is 2.78 bits per heavy atom. The number of nitrogens with zero attached hydrogens (tertiary/aromatic N) is 2. The molecule has 0 saturated heterocycles. The summed E-state index contributed by atoms with van der Waals surface area (Å²) in [6, 6.07) is 10.9. The number of H-pyrrole nitrogens is 1. The van der Waals surface area contributed by atoms with Crippen LogP contribution >= 0.6 is 0 Å². The number of hydrogen-bond acceptors (Lipinski definition) is 7. The molecule has 0 unspecified atom stereocenters. The van der Waals surface area contributed by atoms with E-state index in [2.05, 4.69) is 20.3 Å². The van der Waals surface area contributed by atoms with Gasteiger partial charge >= 0.3 is 0 Å². The zero-order chi connectivity index (χ0) is 26.4. The van der Waals surface area contributed by atoms with Crippen LogP contribution in [0.3, 0.4) is 0 Å². The number of amides is 1. The number of carbonyl (C=O) groups is 1. The number of sulfone groups is 1. The largest absolute Gasteiger partial charge is 0.477 e. The summed E-state index contributed by atoms with van der Waals surface area (Å²) in [5.41, 5.74) is -0.195. The van der Waals surface area contributed by atoms with Gasteiger partial charge in [-0.2, -0.15) is 4.98 Å². The van der Waals surface area contributed by atoms with Crippen molar-refractivity contribution in [2.24, 2.45) is 5.92 Å². The third-order valence-corrected chi connectivity index (χ3v) is 7.82. The Kier molecular flexibility index (Phi) is 6.18. The molecule has 4 aromatic rings. The number of carbonyl (C=O) groups excluding carboxylic acids is 1. The van der Waals surface area contributed by atoms with Crippen molar-refractivity contribution in [3.8, 4) is 5.88 Å². The fraction of sp³-hybridized carbons (Fsp3) is 0.308. The van der Waals surface area contributed by atoms with Gasteiger partial charge in [-0.05, 0) is 44.0 Å². The first-order valence-electron chi connectivity index (χ1n) is 11.8. The lowest BCUT2D eigenvalue weighted by atomic mass is 9.89. The van der Waals surface area contributed by atoms with Gasteiger partial charge in [0.15, 0.2) is 5.43 Å². The van der Waals surface area contributed by atoms with Crippen molar-refractivity contribution in [3.05, 3.63) is 70.3 Å². The molecule has 0 radical (unpaired) electrons. The van der Waals surface area contributed by atoms with Gasteiger partial charge in [0.1, 0.15) is 5.82 Å². The quantitative estimate of drug-likeness (QED) is 0.292. The number of rotatable bonds is 6. The average molecular weight is 525 g/mol. The Bertz CT molecular complexity index is 1700. The monoisotopic (exact) mass is 524 g/mol. The van der Waals surface area contributed by atoms with Crippen LogP contribution in [-0.2, 0) is 9.84 Å². The van der Waals surface area contributed by atoms with Gasteiger partial charge in [-0.15, -0.1) is 0 Å². The average Bonchev–Trinajstić information content (AvgIpc) is 3.22. The van der Waals surface area contributed by atoms with Crippen LogP contribution in [-0.4, -0.2) is 47.7 Å². The standard InChI is InChI=1S/C26H25FN4O5S/c1-26(10-5-6-15(26)14-36-22-9-11-28-25(30-22)37(2,34)35)31-24(33)17-13-21-18(12-19(17)27)23(32)16-7-3-4-8-20(16)29-21/h3-4,7-9,11-13,15H,5-6,10,14H2,1-2H3,(H,29,32)(H,31,33)/t15-,26-/m1/s1. The van der Waals surface area contributed by atoms with E-state index in [-0.39, 0.29) is 39.9 Å². The van der Waals surface area contributed by atoms with Gasteiger partial charge in [0.25, 0.3) is 5.91 Å². The second kappa shape index (κ2) is 9.22. The minimum atomic E-state index is -3.58. The number of hydrogen-bond donors (Lipinski definition) is 2. The van der Waals surface area contributed by atoms with E-state index in [1.165, 1.54) is 18.3 Å². The van der Waals surface area contributed by atoms with E-state index in [1.54, 1.807) is 24.3 Å². The van der Waals surface area contributed by atoms with Gasteiger partial charge in [-0.3, -0.25) is 9.59 Å². The lowest BCUT2D eigenvalue weighted by Crippen LogP contribution is -2.50. The van der Waals surface area contributed by atoms with Crippen LogP contribution in [0.25, 0.3) is 21.8 Å². The summed E-state index contributed by atoms with van der Waals surface area (Å²) in [5.74, 6) is -1.38. The van der Waals surface area contributed by atoms with Crippen molar-refractivity contribution in [3.63, 3.8) is 0 Å². The molecule has 2 heterocycles. The highest BCUT2D eigenvalue weighted by Crippen LogP contribution is 2.36. The number of aromatic amines is 1. The second-order valence-electron chi connectivity index (χ2n) is 9.60. The molecule has 1 amide bonds. The van der Waals surface area contributed by atoms with Gasteiger partial charge in [0.05, 0.1) is 17.7 Å². The number of para-hydroxylation sites is 1. The molecule has 192 valence electrons. The van der Waals surface area contributed by atoms with Crippen molar-refractivity contribution in [1.29, 1.82) is 0 Å². The van der Waals surface area contributed by atoms with Gasteiger partial charge in [0, 0.05) is 46.3 Å². The number of ether oxygens (including phenoxy) is 1. The van der Waals surface area contributed by atoms with Crippen LogP contribution < -0.4 is 15.5 Å². The van der Waals surface area contributed by atoms with E-state index in [0.29, 0.717) is 22.8 Å². The minimum absolute atomic E-state index is 0.118. The summed E-state index contributed by atoms with van der Waals surface area (Å²) in [4.78, 5) is 36.8. The molecule has 0 bridgehead atoms. The molecule has 37 heavy (non-hydrogen) atoms. The zero-order valence-corrected chi connectivity index (χ0v) is 21.1. The Morgan fingerprint density at radius 1 is 1.22 bits per heavy atom. The Balaban J connectivity index is 1.37. The third-order valence-electron chi connectivity index (χ3n) is 6.96. The minimum Gasteiger partial charge on any atom is -0.477 e. The van der Waals surface area contributed by atoms with E-state index < -0.39 is 27.1 Å². The van der Waals surface area contributed by atoms with E-state index in [1.807, 2.05) is 6.92 Å². The lowest BCUT2D eigenvalue weighted by Gasteiger charge is -2.32. The van der Waals surface area contributed by atoms with Gasteiger partial charge in [-0.25, -0.2) is 17.8 Å². The highest BCUT2D eigenvalue weighted by Gasteiger charge is 2.41. The predicted molar refractivity (Wildman–Crippen MR) is 136 cm³/mol. The molecule has 2 atom stereocenters. The van der Waals surface area contributed by atoms with Crippen LogP contribution in [0.1, 0.15) is 36.5 Å². The molecule has 1 fully saturated rings. The lowest BCUT2D eigenvalue weighted by molar-refractivity contribution is 0.0852. The molecule has 2 aromatic carbocycles. The summed E-state index contributed by atoms with van der Waals surface area (Å²) in [5, 5.41) is 3.26. The maximum absolute atomic E-state index is 15.0. The number of fused-ring (bicyclic) bond motifs is 2. The Hall–Kier alpha value is -3.86. The predicted octanol–water partition coefficient (Wildman–Crippen LogP) is 3.38. The fourth-order valence-corrected chi connectivity index (χ4v) is 5.39. The molecule has 0 aliphatic heterocycles. The third kappa shape index (κ3) is 4.78. The Labute approximate surface area is 212 Å². The molecule has 0 spiro atoms. The van der Waals surface area contributed by atoms with Crippen LogP contribution in [0.2, 0.25) is 0 Å². The smallest absolute Gasteiger partial charge is 0.254 e. The van der Waals surface area contributed by atoms with Crippen molar-refractivity contribution in [1.82, 2.24) is 20.3 Å². The molecular formula is C26H25FN4O5S. The second-order valence-corrected chi connectivity index (χ2v) is 11.5. The van der Waals surface area contributed by atoms with Crippen molar-refractivity contribution in [2.75, 3.05) is 12.9 Å². The number of pyridine rings is 1. The summed E-state index contributed by atoms with van der Waals surface area (Å²) in [7, 11) is -3.58. The fourth-order valence-electron chi connectivity index (χ4n) is 4.89. The number of benzene rings is 2. The summed E-state index contributed by atoms with van der Waals surface area (Å²) < 4.78 is 44.2. The Morgan fingerprint density at radius 2 is 2.00 bits per heavy atom. The zero-order valence-electron chi connectivity index (χ0n) is 20.2. The molecule has 1 saturated carbocycles. The van der Waals surface area contributed by atoms with Crippen molar-refractivity contribution >= 4 is 37.6 Å². The van der Waals surface area contributed by atoms with Crippen LogP contribution in [0, 0.1) is 11.7 Å². The van der Waals surface area contributed by atoms with Gasteiger partial charge in [0.2, 0.25) is 20.9 Å². The first kappa shape index (κ1) is 24.8. The number of halogens is 1. The molecule has 5 rings (SSSR count). The highest BCUT2D eigenvalue weighted by atomic mass is 32.2. The maximum Gasteiger partial charge on any atom is 0.254 e. The summed E-state index contributed by atoms with van der Waals surface area (Å²) in [6.07, 6.45) is 4.55. The SMILES string of the molecule is C[C@@]1(NC(=O)c2cc3[nH]c4ccccc4c(=O)c3cc2F)CCC[C@@H]1COc1ccnc(S(C)(=O)=O)n1. The maximum atomic E-state index is 15.0. The normalized spacial score (nSPS) is 19.8. The first-order chi connectivity index (χ1) is 17.5. The van der Waals surface area contributed by atoms with Crippen molar-refractivity contribution in [2.45, 2.75) is 36.9 Å². The molecular weight excluding hydrogens is 499 g/mol. The first-order valence-corrected chi connectivity index (χ1v) is 13.7. The topological polar surface area (TPSA) is 131 Å². The van der Waals surface area contributed by atoms with Gasteiger partial charge in [-0.1, -0.05) is 18.6 Å². The molecule has 11 heteroatoms. The molecule has 2 N–H and O–H groups in total. The number of nitrogens with one attached hydrogen (secondary N) is 2. The summed E-state index contributed by atoms with van der Waals surface area (Å²) >= 11 is 0. The summed E-state index contributed by atoms with van der Waals surface area (Å²) in [6.45, 7) is 2.05. The highest BCUT2D eigenvalue weighted by molar-refractivity contribution is 7.90. The molecule has 1 aliphatic rings.